The molecule has 0 saturated carbocycles. The van der Waals surface area contributed by atoms with Crippen LogP contribution in [0.1, 0.15) is 26.9 Å². The molecule has 2 aromatic carbocycles. The Bertz CT molecular complexity index is 1090. The third kappa shape index (κ3) is 3.84. The van der Waals surface area contributed by atoms with Crippen molar-refractivity contribution in [1.82, 2.24) is 9.99 Å². The average molecular weight is 411 g/mol. The molecule has 8 heteroatoms. The summed E-state index contributed by atoms with van der Waals surface area (Å²) in [5, 5.41) is 5.74. The van der Waals surface area contributed by atoms with Gasteiger partial charge in [0.25, 0.3) is 5.91 Å². The molecule has 1 atom stereocenters. The first-order valence-electron chi connectivity index (χ1n) is 8.65. The molecule has 0 saturated heterocycles. The van der Waals surface area contributed by atoms with Gasteiger partial charge in [-0.05, 0) is 36.4 Å². The van der Waals surface area contributed by atoms with E-state index in [0.29, 0.717) is 16.4 Å². The number of hydrogen-bond donors (Lipinski definition) is 0. The molecule has 146 valence electrons. The zero-order chi connectivity index (χ0) is 20.4. The predicted molar refractivity (Wildman–Crippen MR) is 107 cm³/mol. The number of thioether (sulfide) groups is 1. The number of carbonyl (C=O) groups excluding carboxylic acids is 1. The molecule has 0 radical (unpaired) electrons. The van der Waals surface area contributed by atoms with E-state index in [1.807, 2.05) is 18.2 Å². The second-order valence-corrected chi connectivity index (χ2v) is 7.23. The normalized spacial score (nSPS) is 15.9. The van der Waals surface area contributed by atoms with Gasteiger partial charge in [-0.1, -0.05) is 30.0 Å². The van der Waals surface area contributed by atoms with E-state index in [-0.39, 0.29) is 11.4 Å². The fourth-order valence-corrected chi connectivity index (χ4v) is 4.11. The Morgan fingerprint density at radius 1 is 1.07 bits per heavy atom. The van der Waals surface area contributed by atoms with Crippen LogP contribution in [0.2, 0.25) is 0 Å². The van der Waals surface area contributed by atoms with Gasteiger partial charge in [-0.25, -0.2) is 13.8 Å². The van der Waals surface area contributed by atoms with Crippen LogP contribution in [0, 0.1) is 11.6 Å². The van der Waals surface area contributed by atoms with Crippen molar-refractivity contribution in [3.8, 4) is 5.75 Å². The van der Waals surface area contributed by atoms with Crippen molar-refractivity contribution in [2.24, 2.45) is 5.10 Å². The minimum Gasteiger partial charge on any atom is -0.496 e. The molecular weight excluding hydrogens is 396 g/mol. The van der Waals surface area contributed by atoms with Gasteiger partial charge in [-0.2, -0.15) is 5.10 Å². The number of pyridine rings is 1. The number of aromatic nitrogens is 1. The van der Waals surface area contributed by atoms with E-state index in [4.69, 9.17) is 4.74 Å². The summed E-state index contributed by atoms with van der Waals surface area (Å²) >= 11 is 1.33. The number of benzene rings is 2. The topological polar surface area (TPSA) is 54.8 Å². The molecule has 0 spiro atoms. The van der Waals surface area contributed by atoms with Crippen LogP contribution in [0.3, 0.4) is 0 Å². The first-order valence-corrected chi connectivity index (χ1v) is 9.53. The molecule has 1 aliphatic heterocycles. The summed E-state index contributed by atoms with van der Waals surface area (Å²) in [4.78, 5) is 16.9. The third-order valence-electron chi connectivity index (χ3n) is 4.30. The summed E-state index contributed by atoms with van der Waals surface area (Å²) in [5.41, 5.74) is 1.48. The standard InChI is InChI=1S/C21H15F2N3O2S/c1-28-18-5-3-2-4-17(18)21-26(20(27)14-10-16(23)12-24-11-14)25-19(29-21)13-6-8-15(22)9-7-13/h2-12,21H,1H3. The van der Waals surface area contributed by atoms with Crippen LogP contribution in [0.4, 0.5) is 8.78 Å². The maximum Gasteiger partial charge on any atom is 0.277 e. The van der Waals surface area contributed by atoms with E-state index < -0.39 is 17.1 Å². The second kappa shape index (κ2) is 8.00. The lowest BCUT2D eigenvalue weighted by molar-refractivity contribution is 0.0747. The smallest absolute Gasteiger partial charge is 0.277 e. The molecule has 1 amide bonds. The molecule has 1 unspecified atom stereocenters. The van der Waals surface area contributed by atoms with Gasteiger partial charge in [-0.15, -0.1) is 0 Å². The van der Waals surface area contributed by atoms with E-state index in [9.17, 15) is 13.6 Å². The van der Waals surface area contributed by atoms with Crippen molar-refractivity contribution in [2.45, 2.75) is 5.37 Å². The first kappa shape index (κ1) is 19.1. The number of nitrogens with zero attached hydrogens (tertiary/aromatic N) is 3. The van der Waals surface area contributed by atoms with Crippen LogP contribution >= 0.6 is 11.8 Å². The average Bonchev–Trinajstić information content (AvgIpc) is 3.19. The van der Waals surface area contributed by atoms with Gasteiger partial charge in [-0.3, -0.25) is 9.78 Å². The summed E-state index contributed by atoms with van der Waals surface area (Å²) in [5.74, 6) is -0.884. The zero-order valence-corrected chi connectivity index (χ0v) is 16.1. The lowest BCUT2D eigenvalue weighted by Gasteiger charge is -2.22. The summed E-state index contributed by atoms with van der Waals surface area (Å²) in [7, 11) is 1.54. The van der Waals surface area contributed by atoms with Crippen LogP contribution in [-0.4, -0.2) is 28.1 Å². The molecule has 0 bridgehead atoms. The number of hydrazone groups is 1. The highest BCUT2D eigenvalue weighted by atomic mass is 32.2. The number of para-hydroxylation sites is 1. The van der Waals surface area contributed by atoms with E-state index in [2.05, 4.69) is 10.1 Å². The largest absolute Gasteiger partial charge is 0.496 e. The van der Waals surface area contributed by atoms with Crippen molar-refractivity contribution in [2.75, 3.05) is 7.11 Å². The number of halogens is 2. The van der Waals surface area contributed by atoms with Crippen LogP contribution in [0.25, 0.3) is 0 Å². The SMILES string of the molecule is COc1ccccc1C1SC(c2ccc(F)cc2)=NN1C(=O)c1cncc(F)c1. The first-order chi connectivity index (χ1) is 14.1. The van der Waals surface area contributed by atoms with Crippen LogP contribution in [0.5, 0.6) is 5.75 Å². The molecule has 1 aromatic heterocycles. The van der Waals surface area contributed by atoms with Crippen molar-refractivity contribution in [3.63, 3.8) is 0 Å². The fourth-order valence-electron chi connectivity index (χ4n) is 2.93. The van der Waals surface area contributed by atoms with Gasteiger partial charge in [0, 0.05) is 17.3 Å². The highest BCUT2D eigenvalue weighted by molar-refractivity contribution is 8.14. The second-order valence-electron chi connectivity index (χ2n) is 6.17. The minimum atomic E-state index is -0.612. The number of amides is 1. The molecule has 0 fully saturated rings. The van der Waals surface area contributed by atoms with Gasteiger partial charge < -0.3 is 4.74 Å². The van der Waals surface area contributed by atoms with Gasteiger partial charge in [0.05, 0.1) is 18.9 Å². The molecule has 0 N–H and O–H groups in total. The molecule has 5 nitrogen and oxygen atoms in total. The molecule has 4 rings (SSSR count). The lowest BCUT2D eigenvalue weighted by atomic mass is 10.1. The Hall–Kier alpha value is -3.26. The van der Waals surface area contributed by atoms with Crippen molar-refractivity contribution in [3.05, 3.63) is 95.3 Å². The number of ether oxygens (including phenoxy) is 1. The van der Waals surface area contributed by atoms with Gasteiger partial charge in [0.15, 0.2) is 0 Å². The summed E-state index contributed by atoms with van der Waals surface area (Å²) in [6.07, 6.45) is 2.32. The Morgan fingerprint density at radius 2 is 1.83 bits per heavy atom. The fraction of sp³-hybridized carbons (Fsp3) is 0.0952. The highest BCUT2D eigenvalue weighted by Gasteiger charge is 2.36. The van der Waals surface area contributed by atoms with Gasteiger partial charge in [0.1, 0.15) is 27.8 Å². The predicted octanol–water partition coefficient (Wildman–Crippen LogP) is 4.62. The highest BCUT2D eigenvalue weighted by Crippen LogP contribution is 2.44. The van der Waals surface area contributed by atoms with E-state index in [1.54, 1.807) is 25.3 Å². The summed E-state index contributed by atoms with van der Waals surface area (Å²) < 4.78 is 32.4. The number of methoxy groups -OCH3 is 1. The lowest BCUT2D eigenvalue weighted by Crippen LogP contribution is -2.26. The molecule has 1 aliphatic rings. The number of hydrogen-bond acceptors (Lipinski definition) is 5. The van der Waals surface area contributed by atoms with Crippen LogP contribution in [-0.2, 0) is 0 Å². The van der Waals surface area contributed by atoms with Crippen molar-refractivity contribution in [1.29, 1.82) is 0 Å². The van der Waals surface area contributed by atoms with Crippen molar-refractivity contribution < 1.29 is 18.3 Å². The molecule has 29 heavy (non-hydrogen) atoms. The molecule has 2 heterocycles. The van der Waals surface area contributed by atoms with Gasteiger partial charge >= 0.3 is 0 Å². The minimum absolute atomic E-state index is 0.0783. The van der Waals surface area contributed by atoms with E-state index in [1.165, 1.54) is 35.1 Å². The molecule has 0 aliphatic carbocycles. The number of carbonyl (C=O) groups is 1. The summed E-state index contributed by atoms with van der Waals surface area (Å²) in [6, 6.07) is 14.3. The molecule has 3 aromatic rings. The summed E-state index contributed by atoms with van der Waals surface area (Å²) in [6.45, 7) is 0. The van der Waals surface area contributed by atoms with Crippen LogP contribution < -0.4 is 4.74 Å². The van der Waals surface area contributed by atoms with E-state index in [0.717, 1.165) is 17.8 Å². The van der Waals surface area contributed by atoms with Crippen LogP contribution in [0.15, 0.2) is 72.1 Å². The van der Waals surface area contributed by atoms with Gasteiger partial charge in [0.2, 0.25) is 0 Å². The Balaban J connectivity index is 1.77. The van der Waals surface area contributed by atoms with E-state index >= 15 is 0 Å². The Labute approximate surface area is 170 Å². The Kier molecular flexibility index (Phi) is 5.26. The Morgan fingerprint density at radius 3 is 2.55 bits per heavy atom. The quantitative estimate of drug-likeness (QED) is 0.629. The number of rotatable bonds is 4. The molecular formula is C21H15F2N3O2S. The maximum atomic E-state index is 13.6. The third-order valence-corrected chi connectivity index (χ3v) is 5.52. The maximum absolute atomic E-state index is 13.6. The van der Waals surface area contributed by atoms with Crippen molar-refractivity contribution >= 4 is 22.7 Å². The monoisotopic (exact) mass is 411 g/mol. The zero-order valence-electron chi connectivity index (χ0n) is 15.3.